The summed E-state index contributed by atoms with van der Waals surface area (Å²) in [4.78, 5) is 20.2. The highest BCUT2D eigenvalue weighted by atomic mass is 32.2. The molecule has 130 valence electrons. The molecule has 0 fully saturated rings. The number of sulfonamides is 1. The molecule has 0 aliphatic rings. The fourth-order valence-electron chi connectivity index (χ4n) is 2.04. The summed E-state index contributed by atoms with van der Waals surface area (Å²) in [6, 6.07) is 3.15. The minimum absolute atomic E-state index is 0.0605. The van der Waals surface area contributed by atoms with E-state index in [1.165, 1.54) is 30.2 Å². The molecule has 1 amide bonds. The molecule has 0 bridgehead atoms. The van der Waals surface area contributed by atoms with Crippen LogP contribution in [0.3, 0.4) is 0 Å². The van der Waals surface area contributed by atoms with Crippen molar-refractivity contribution in [2.24, 2.45) is 12.2 Å². The summed E-state index contributed by atoms with van der Waals surface area (Å²) >= 11 is 0. The molecule has 12 heteroatoms. The third-order valence-corrected chi connectivity index (χ3v) is 3.92. The van der Waals surface area contributed by atoms with Crippen molar-refractivity contribution in [2.45, 2.75) is 5.03 Å². The number of nitrogen functional groups attached to an aromatic ring is 1. The molecule has 0 aromatic carbocycles. The predicted octanol–water partition coefficient (Wildman–Crippen LogP) is -0.0480. The van der Waals surface area contributed by atoms with Gasteiger partial charge in [0.2, 0.25) is 10.9 Å². The summed E-state index contributed by atoms with van der Waals surface area (Å²) in [5.41, 5.74) is 6.00. The Morgan fingerprint density at radius 2 is 2.16 bits per heavy atom. The standard InChI is InChI=1S/C13H13N7O4S/c1-20-5-8(13(19-20)25(15,22)23)17-11(21)9-6-24-12(18-9)7-2-3-16-10(14)4-7/h2-6H,1H3,(H2,14,16)(H,17,21)(H2,15,22,23). The van der Waals surface area contributed by atoms with Gasteiger partial charge < -0.3 is 15.5 Å². The Bertz CT molecular complexity index is 1050. The minimum Gasteiger partial charge on any atom is -0.444 e. The first kappa shape index (κ1) is 16.6. The van der Waals surface area contributed by atoms with Crippen LogP contribution in [0.5, 0.6) is 0 Å². The number of nitrogens with one attached hydrogen (secondary N) is 1. The Labute approximate surface area is 141 Å². The van der Waals surface area contributed by atoms with Gasteiger partial charge in [-0.05, 0) is 12.1 Å². The average molecular weight is 363 g/mol. The maximum Gasteiger partial charge on any atom is 0.277 e. The molecule has 3 aromatic rings. The smallest absolute Gasteiger partial charge is 0.277 e. The largest absolute Gasteiger partial charge is 0.444 e. The van der Waals surface area contributed by atoms with E-state index in [0.29, 0.717) is 5.56 Å². The van der Waals surface area contributed by atoms with Crippen molar-refractivity contribution in [2.75, 3.05) is 11.1 Å². The van der Waals surface area contributed by atoms with E-state index in [2.05, 4.69) is 20.4 Å². The Balaban J connectivity index is 1.86. The van der Waals surface area contributed by atoms with E-state index in [0.717, 1.165) is 6.26 Å². The number of amides is 1. The second kappa shape index (κ2) is 5.99. The van der Waals surface area contributed by atoms with Crippen LogP contribution in [0.4, 0.5) is 11.5 Å². The molecule has 3 heterocycles. The molecule has 3 aromatic heterocycles. The second-order valence-electron chi connectivity index (χ2n) is 5.03. The van der Waals surface area contributed by atoms with Crippen molar-refractivity contribution in [3.05, 3.63) is 36.5 Å². The van der Waals surface area contributed by atoms with E-state index in [1.54, 1.807) is 6.07 Å². The van der Waals surface area contributed by atoms with Crippen molar-refractivity contribution >= 4 is 27.4 Å². The monoisotopic (exact) mass is 363 g/mol. The first-order valence-corrected chi connectivity index (χ1v) is 8.34. The lowest BCUT2D eigenvalue weighted by Gasteiger charge is -2.01. The Morgan fingerprint density at radius 3 is 2.84 bits per heavy atom. The zero-order valence-electron chi connectivity index (χ0n) is 12.9. The summed E-state index contributed by atoms with van der Waals surface area (Å²) in [5, 5.41) is 10.7. The Hall–Kier alpha value is -3.25. The number of nitrogens with two attached hydrogens (primary N) is 2. The summed E-state index contributed by atoms with van der Waals surface area (Å²) < 4.78 is 29.5. The van der Waals surface area contributed by atoms with E-state index in [1.807, 2.05) is 0 Å². The van der Waals surface area contributed by atoms with Crippen LogP contribution >= 0.6 is 0 Å². The number of anilines is 2. The zero-order valence-corrected chi connectivity index (χ0v) is 13.7. The Kier molecular flexibility index (Phi) is 3.98. The lowest BCUT2D eigenvalue weighted by Crippen LogP contribution is -2.18. The highest BCUT2D eigenvalue weighted by Gasteiger charge is 2.22. The van der Waals surface area contributed by atoms with Gasteiger partial charge in [0.15, 0.2) is 5.69 Å². The van der Waals surface area contributed by atoms with E-state index >= 15 is 0 Å². The number of aromatic nitrogens is 4. The van der Waals surface area contributed by atoms with Crippen molar-refractivity contribution in [1.82, 2.24) is 19.7 Å². The molecular formula is C13H13N7O4S. The fraction of sp³-hybridized carbons (Fsp3) is 0.0769. The summed E-state index contributed by atoms with van der Waals surface area (Å²) in [6.45, 7) is 0. The number of hydrogen-bond donors (Lipinski definition) is 3. The number of hydrogen-bond acceptors (Lipinski definition) is 8. The Morgan fingerprint density at radius 1 is 1.40 bits per heavy atom. The molecular weight excluding hydrogens is 350 g/mol. The highest BCUT2D eigenvalue weighted by Crippen LogP contribution is 2.21. The maximum absolute atomic E-state index is 12.3. The number of primary sulfonamides is 1. The predicted molar refractivity (Wildman–Crippen MR) is 86.7 cm³/mol. The number of aryl methyl sites for hydroxylation is 1. The summed E-state index contributed by atoms with van der Waals surface area (Å²) in [7, 11) is -2.60. The number of rotatable bonds is 4. The number of carbonyl (C=O) groups is 1. The fourth-order valence-corrected chi connectivity index (χ4v) is 2.70. The molecule has 0 aliphatic carbocycles. The molecule has 3 rings (SSSR count). The highest BCUT2D eigenvalue weighted by molar-refractivity contribution is 7.89. The van der Waals surface area contributed by atoms with Gasteiger partial charge in [-0.1, -0.05) is 0 Å². The lowest BCUT2D eigenvalue weighted by molar-refractivity contribution is 0.102. The summed E-state index contributed by atoms with van der Waals surface area (Å²) in [5.74, 6) is -0.248. The van der Waals surface area contributed by atoms with Crippen LogP contribution in [-0.4, -0.2) is 34.1 Å². The van der Waals surface area contributed by atoms with E-state index < -0.39 is 21.0 Å². The van der Waals surface area contributed by atoms with E-state index in [-0.39, 0.29) is 23.1 Å². The molecule has 0 unspecified atom stereocenters. The third-order valence-electron chi connectivity index (χ3n) is 3.08. The molecule has 0 aliphatic heterocycles. The molecule has 0 radical (unpaired) electrons. The van der Waals surface area contributed by atoms with Crippen molar-refractivity contribution in [3.8, 4) is 11.5 Å². The molecule has 5 N–H and O–H groups in total. The number of carbonyl (C=O) groups excluding carboxylic acids is 1. The number of pyridine rings is 1. The van der Waals surface area contributed by atoms with Crippen LogP contribution in [0.15, 0.2) is 40.2 Å². The molecule has 25 heavy (non-hydrogen) atoms. The van der Waals surface area contributed by atoms with Gasteiger partial charge in [-0.15, -0.1) is 0 Å². The number of nitrogens with zero attached hydrogens (tertiary/aromatic N) is 4. The average Bonchev–Trinajstić information content (AvgIpc) is 3.13. The van der Waals surface area contributed by atoms with Gasteiger partial charge in [0.25, 0.3) is 15.9 Å². The maximum atomic E-state index is 12.3. The molecule has 0 atom stereocenters. The van der Waals surface area contributed by atoms with Crippen molar-refractivity contribution < 1.29 is 17.6 Å². The lowest BCUT2D eigenvalue weighted by atomic mass is 10.2. The minimum atomic E-state index is -4.09. The number of oxazole rings is 1. The van der Waals surface area contributed by atoms with Crippen molar-refractivity contribution in [3.63, 3.8) is 0 Å². The van der Waals surface area contributed by atoms with Crippen LogP contribution in [0, 0.1) is 0 Å². The van der Waals surface area contributed by atoms with Gasteiger partial charge in [-0.3, -0.25) is 9.48 Å². The SMILES string of the molecule is Cn1cc(NC(=O)c2coc(-c3ccnc(N)c3)n2)c(S(N)(=O)=O)n1. The van der Waals surface area contributed by atoms with E-state index in [9.17, 15) is 13.2 Å². The first-order chi connectivity index (χ1) is 11.7. The van der Waals surface area contributed by atoms with Crippen molar-refractivity contribution in [1.29, 1.82) is 0 Å². The van der Waals surface area contributed by atoms with E-state index in [4.69, 9.17) is 15.3 Å². The normalized spacial score (nSPS) is 11.4. The molecule has 0 spiro atoms. The third kappa shape index (κ3) is 3.49. The quantitative estimate of drug-likeness (QED) is 0.578. The van der Waals surface area contributed by atoms with Gasteiger partial charge in [0.05, 0.1) is 0 Å². The van der Waals surface area contributed by atoms with Gasteiger partial charge in [0, 0.05) is 25.0 Å². The second-order valence-corrected chi connectivity index (χ2v) is 6.50. The van der Waals surface area contributed by atoms with Crippen LogP contribution in [0.2, 0.25) is 0 Å². The molecule has 11 nitrogen and oxygen atoms in total. The van der Waals surface area contributed by atoms with Crippen LogP contribution in [-0.2, 0) is 17.1 Å². The van der Waals surface area contributed by atoms with Crippen LogP contribution in [0.1, 0.15) is 10.5 Å². The van der Waals surface area contributed by atoms with Gasteiger partial charge in [-0.2, -0.15) is 5.10 Å². The molecule has 0 saturated carbocycles. The summed E-state index contributed by atoms with van der Waals surface area (Å²) in [6.07, 6.45) is 3.92. The van der Waals surface area contributed by atoms with Crippen LogP contribution < -0.4 is 16.2 Å². The van der Waals surface area contributed by atoms with Gasteiger partial charge in [-0.25, -0.2) is 23.5 Å². The first-order valence-electron chi connectivity index (χ1n) is 6.79. The topological polar surface area (TPSA) is 172 Å². The van der Waals surface area contributed by atoms with Gasteiger partial charge >= 0.3 is 0 Å². The van der Waals surface area contributed by atoms with Crippen LogP contribution in [0.25, 0.3) is 11.5 Å². The van der Waals surface area contributed by atoms with Gasteiger partial charge in [0.1, 0.15) is 17.8 Å². The molecule has 0 saturated heterocycles. The zero-order chi connectivity index (χ0) is 18.2.